The molecule has 0 spiro atoms. The predicted molar refractivity (Wildman–Crippen MR) is 140 cm³/mol. The number of hydrogen-bond donors (Lipinski definition) is 7. The van der Waals surface area contributed by atoms with Crippen molar-refractivity contribution in [1.82, 2.24) is 20.9 Å². The first-order valence-corrected chi connectivity index (χ1v) is 14.5. The van der Waals surface area contributed by atoms with Gasteiger partial charge in [-0.1, -0.05) is 27.7 Å². The molecule has 16 heteroatoms. The maximum Gasteiger partial charge on any atom is 0.327 e. The minimum absolute atomic E-state index is 0.0557. The zero-order chi connectivity index (χ0) is 28.7. The molecule has 2 saturated heterocycles. The van der Waals surface area contributed by atoms with Crippen LogP contribution in [0.2, 0.25) is 0 Å². The average Bonchev–Trinajstić information content (AvgIpc) is 3.39. The summed E-state index contributed by atoms with van der Waals surface area (Å²) in [5.74, 6) is -5.72. The molecule has 5 atom stereocenters. The number of phenolic OH excluding ortho intramolecular Hbond substituents is 1. The number of nitrogens with two attached hydrogens (primary N) is 1. The summed E-state index contributed by atoms with van der Waals surface area (Å²) >= 11 is 0. The van der Waals surface area contributed by atoms with Crippen LogP contribution in [0.1, 0.15) is 18.4 Å². The van der Waals surface area contributed by atoms with Crippen LogP contribution in [-0.4, -0.2) is 105 Å². The zero-order valence-corrected chi connectivity index (χ0v) is 22.3. The van der Waals surface area contributed by atoms with E-state index in [4.69, 9.17) is 5.73 Å². The number of phenols is 1. The minimum atomic E-state index is -1.41. The number of aliphatic hydroxyl groups is 1. The number of rotatable bonds is 6. The summed E-state index contributed by atoms with van der Waals surface area (Å²) in [5, 5.41) is 36.1. The van der Waals surface area contributed by atoms with Crippen LogP contribution in [0, 0.1) is 5.82 Å². The summed E-state index contributed by atoms with van der Waals surface area (Å²) in [7, 11) is 2.12. The van der Waals surface area contributed by atoms with Gasteiger partial charge in [0.15, 0.2) is 11.6 Å². The number of benzene rings is 1. The van der Waals surface area contributed by atoms with E-state index < -0.39 is 78.0 Å². The number of nitrogens with one attached hydrogen (secondary N) is 3. The van der Waals surface area contributed by atoms with E-state index in [0.717, 1.165) is 33.7 Å². The number of carbonyl (C=O) groups is 5. The van der Waals surface area contributed by atoms with E-state index in [-0.39, 0.29) is 24.5 Å². The highest BCUT2D eigenvalue weighted by molar-refractivity contribution is 8.76. The Bertz CT molecular complexity index is 1110. The molecule has 13 nitrogen and oxygen atoms in total. The van der Waals surface area contributed by atoms with Crippen LogP contribution in [-0.2, 0) is 30.4 Å². The first kappa shape index (κ1) is 30.5. The molecule has 1 aromatic carbocycles. The molecule has 0 saturated carbocycles. The van der Waals surface area contributed by atoms with Crippen LogP contribution in [0.3, 0.4) is 0 Å². The minimum Gasteiger partial charge on any atom is -0.505 e. The Hall–Kier alpha value is -3.08. The molecule has 2 aliphatic heterocycles. The number of nitrogens with zero attached hydrogens (tertiary/aromatic N) is 1. The fourth-order valence-corrected chi connectivity index (χ4v) is 6.44. The summed E-state index contributed by atoms with van der Waals surface area (Å²) < 4.78 is 13.6. The molecule has 4 amide bonds. The monoisotopic (exact) mass is 587 g/mol. The van der Waals surface area contributed by atoms with Gasteiger partial charge in [0.2, 0.25) is 23.6 Å². The lowest BCUT2D eigenvalue weighted by atomic mass is 10.1. The van der Waals surface area contributed by atoms with Gasteiger partial charge in [-0.05, 0) is 37.0 Å². The normalized spacial score (nSPS) is 25.6. The molecule has 0 aromatic heterocycles. The molecule has 2 heterocycles. The second-order valence-electron chi connectivity index (χ2n) is 9.06. The van der Waals surface area contributed by atoms with Crippen molar-refractivity contribution in [2.45, 2.75) is 49.5 Å². The van der Waals surface area contributed by atoms with Crippen molar-refractivity contribution < 1.29 is 43.7 Å². The van der Waals surface area contributed by atoms with Gasteiger partial charge in [0.25, 0.3) is 0 Å². The molecule has 0 unspecified atom stereocenters. The smallest absolute Gasteiger partial charge is 0.327 e. The maximum absolute atomic E-state index is 13.6. The van der Waals surface area contributed by atoms with Crippen LogP contribution in [0.25, 0.3) is 0 Å². The topological polar surface area (TPSA) is 211 Å². The van der Waals surface area contributed by atoms with Gasteiger partial charge in [-0.25, -0.2) is 9.18 Å². The van der Waals surface area contributed by atoms with Crippen LogP contribution in [0.15, 0.2) is 18.2 Å². The highest BCUT2D eigenvalue weighted by Gasteiger charge is 2.39. The molecule has 1 aromatic rings. The molecule has 0 radical (unpaired) electrons. The second-order valence-corrected chi connectivity index (χ2v) is 11.6. The van der Waals surface area contributed by atoms with E-state index in [1.165, 1.54) is 11.0 Å². The number of fused-ring (bicyclic) bond motifs is 1. The number of hydrogen-bond acceptors (Lipinski definition) is 10. The molecule has 0 aliphatic carbocycles. The van der Waals surface area contributed by atoms with Crippen LogP contribution in [0.5, 0.6) is 5.75 Å². The molecule has 2 aliphatic rings. The number of carbonyl (C=O) groups excluding carboxylic acids is 4. The Morgan fingerprint density at radius 2 is 1.90 bits per heavy atom. The third-order valence-corrected chi connectivity index (χ3v) is 8.66. The van der Waals surface area contributed by atoms with Crippen molar-refractivity contribution in [2.75, 3.05) is 24.7 Å². The van der Waals surface area contributed by atoms with Crippen LogP contribution >= 0.6 is 21.6 Å². The van der Waals surface area contributed by atoms with E-state index >= 15 is 0 Å². The lowest BCUT2D eigenvalue weighted by Gasteiger charge is -2.30. The highest BCUT2D eigenvalue weighted by atomic mass is 33.1. The number of carboxylic acids is 1. The molecule has 0 bridgehead atoms. The van der Waals surface area contributed by atoms with Gasteiger partial charge >= 0.3 is 5.97 Å². The Balaban J connectivity index is 1.77. The van der Waals surface area contributed by atoms with Gasteiger partial charge in [0, 0.05) is 18.1 Å². The quantitative estimate of drug-likeness (QED) is 0.187. The van der Waals surface area contributed by atoms with E-state index in [1.807, 2.05) is 0 Å². The summed E-state index contributed by atoms with van der Waals surface area (Å²) in [6.07, 6.45) is 0.659. The van der Waals surface area contributed by atoms with Gasteiger partial charge in [0.1, 0.15) is 24.2 Å². The Kier molecular flexibility index (Phi) is 10.8. The maximum atomic E-state index is 13.6. The van der Waals surface area contributed by atoms with Crippen molar-refractivity contribution in [3.05, 3.63) is 29.6 Å². The predicted octanol–water partition coefficient (Wildman–Crippen LogP) is -1.68. The number of amides is 4. The van der Waals surface area contributed by atoms with Gasteiger partial charge in [-0.3, -0.25) is 19.2 Å². The summed E-state index contributed by atoms with van der Waals surface area (Å²) in [5.41, 5.74) is 6.30. The Morgan fingerprint density at radius 1 is 1.18 bits per heavy atom. The van der Waals surface area contributed by atoms with Crippen molar-refractivity contribution in [1.29, 1.82) is 0 Å². The number of aromatic hydroxyl groups is 1. The highest BCUT2D eigenvalue weighted by Crippen LogP contribution is 2.25. The van der Waals surface area contributed by atoms with Crippen molar-refractivity contribution in [3.8, 4) is 5.75 Å². The lowest BCUT2D eigenvalue weighted by molar-refractivity contribution is -0.145. The SMILES string of the molecule is N[C@@H](Cc1ccc(O)c(F)c1)C(=O)N[C@H]1CSSC[C@@H](C(=O)O)NC(=O)[C@@H]2CCCN2C(=O)[C@H](CO)NC1=O. The van der Waals surface area contributed by atoms with Crippen molar-refractivity contribution in [3.63, 3.8) is 0 Å². The Labute approximate surface area is 230 Å². The number of aliphatic hydroxyl groups excluding tert-OH is 1. The lowest BCUT2D eigenvalue weighted by Crippen LogP contribution is -2.60. The fourth-order valence-electron chi connectivity index (χ4n) is 4.12. The van der Waals surface area contributed by atoms with E-state index in [2.05, 4.69) is 16.0 Å². The standard InChI is InChI=1S/C23H30FN5O8S2/c24-12-6-11(3-4-18(12)31)7-13(25)19(32)27-15-9-38-39-10-16(23(36)37)28-21(34)17-2-1-5-29(17)22(35)14(8-30)26-20(15)33/h3-4,6,13-17,30-31H,1-2,5,7-10,25H2,(H,26,33)(H,27,32)(H,28,34)(H,36,37)/t13-,14-,15-,16-,17-/m0/s1. The zero-order valence-electron chi connectivity index (χ0n) is 20.7. The molecule has 2 fully saturated rings. The van der Waals surface area contributed by atoms with Gasteiger partial charge < -0.3 is 41.9 Å². The molecule has 39 heavy (non-hydrogen) atoms. The largest absolute Gasteiger partial charge is 0.505 e. The molecular weight excluding hydrogens is 557 g/mol. The molecule has 8 N–H and O–H groups in total. The van der Waals surface area contributed by atoms with E-state index in [9.17, 15) is 43.7 Å². The summed E-state index contributed by atoms with van der Waals surface area (Å²) in [4.78, 5) is 64.7. The first-order chi connectivity index (χ1) is 18.5. The summed E-state index contributed by atoms with van der Waals surface area (Å²) in [6.45, 7) is -0.597. The molecular formula is C23H30FN5O8S2. The van der Waals surface area contributed by atoms with E-state index in [0.29, 0.717) is 18.4 Å². The Morgan fingerprint density at radius 3 is 2.56 bits per heavy atom. The summed E-state index contributed by atoms with van der Waals surface area (Å²) in [6, 6.07) is -2.49. The number of halogens is 1. The fraction of sp³-hybridized carbons (Fsp3) is 0.522. The third-order valence-electron chi connectivity index (χ3n) is 6.24. The first-order valence-electron chi connectivity index (χ1n) is 12.0. The average molecular weight is 588 g/mol. The van der Waals surface area contributed by atoms with Gasteiger partial charge in [0.05, 0.1) is 12.6 Å². The van der Waals surface area contributed by atoms with Crippen molar-refractivity contribution in [2.24, 2.45) is 5.73 Å². The second kappa shape index (κ2) is 13.8. The van der Waals surface area contributed by atoms with Crippen LogP contribution in [0.4, 0.5) is 4.39 Å². The third kappa shape index (κ3) is 7.97. The van der Waals surface area contributed by atoms with E-state index in [1.54, 1.807) is 0 Å². The molecule has 3 rings (SSSR count). The van der Waals surface area contributed by atoms with Crippen LogP contribution < -0.4 is 21.7 Å². The number of aliphatic carboxylic acids is 1. The van der Waals surface area contributed by atoms with Crippen molar-refractivity contribution >= 4 is 51.2 Å². The molecule has 214 valence electrons. The number of carboxylic acid groups (broad SMARTS) is 1. The van der Waals surface area contributed by atoms with Gasteiger partial charge in [-0.2, -0.15) is 0 Å². The van der Waals surface area contributed by atoms with Gasteiger partial charge in [-0.15, -0.1) is 0 Å².